The van der Waals surface area contributed by atoms with Gasteiger partial charge in [0.05, 0.1) is 12.9 Å². The Morgan fingerprint density at radius 2 is 1.89 bits per heavy atom. The predicted octanol–water partition coefficient (Wildman–Crippen LogP) is -0.0484. The van der Waals surface area contributed by atoms with Gasteiger partial charge in [0.1, 0.15) is 0 Å². The van der Waals surface area contributed by atoms with Gasteiger partial charge in [0.15, 0.2) is 0 Å². The second kappa shape index (κ2) is 6.49. The van der Waals surface area contributed by atoms with E-state index in [0.29, 0.717) is 19.5 Å². The topological polar surface area (TPSA) is 75.7 Å². The van der Waals surface area contributed by atoms with E-state index in [2.05, 4.69) is 10.1 Å². The van der Waals surface area contributed by atoms with Crippen molar-refractivity contribution in [1.82, 2.24) is 9.62 Å². The average molecular weight is 278 g/mol. The molecule has 0 aliphatic carbocycles. The molecule has 2 atom stereocenters. The van der Waals surface area contributed by atoms with Crippen LogP contribution in [0.1, 0.15) is 26.7 Å². The number of hydrogen-bond donors (Lipinski definition) is 1. The normalized spacial score (nSPS) is 25.9. The first-order chi connectivity index (χ1) is 8.38. The number of nitrogens with zero attached hydrogens (tertiary/aromatic N) is 1. The molecule has 0 aromatic carbocycles. The van der Waals surface area contributed by atoms with Crippen LogP contribution in [0.5, 0.6) is 0 Å². The first-order valence-corrected chi connectivity index (χ1v) is 7.78. The van der Waals surface area contributed by atoms with E-state index in [-0.39, 0.29) is 30.2 Å². The molecular formula is C11H22N2O4S. The van der Waals surface area contributed by atoms with Crippen LogP contribution in [0.3, 0.4) is 0 Å². The molecule has 1 aliphatic heterocycles. The van der Waals surface area contributed by atoms with Gasteiger partial charge in [-0.2, -0.15) is 4.31 Å². The van der Waals surface area contributed by atoms with Gasteiger partial charge in [0.25, 0.3) is 0 Å². The molecule has 1 fully saturated rings. The Kier molecular flexibility index (Phi) is 5.55. The van der Waals surface area contributed by atoms with Gasteiger partial charge < -0.3 is 10.1 Å². The van der Waals surface area contributed by atoms with Crippen molar-refractivity contribution in [2.24, 2.45) is 0 Å². The zero-order valence-electron chi connectivity index (χ0n) is 11.2. The summed E-state index contributed by atoms with van der Waals surface area (Å²) in [5.74, 6) is -0.372. The lowest BCUT2D eigenvalue weighted by atomic mass is 10.2. The Labute approximate surface area is 109 Å². The van der Waals surface area contributed by atoms with Crippen molar-refractivity contribution in [3.05, 3.63) is 0 Å². The van der Waals surface area contributed by atoms with E-state index in [1.807, 2.05) is 13.8 Å². The summed E-state index contributed by atoms with van der Waals surface area (Å²) in [6.45, 7) is 5.11. The summed E-state index contributed by atoms with van der Waals surface area (Å²) >= 11 is 0. The number of piperazine rings is 1. The lowest BCUT2D eigenvalue weighted by molar-refractivity contribution is -0.140. The van der Waals surface area contributed by atoms with Crippen LogP contribution in [-0.2, 0) is 19.6 Å². The molecule has 0 aromatic heterocycles. The quantitative estimate of drug-likeness (QED) is 0.714. The summed E-state index contributed by atoms with van der Waals surface area (Å²) in [6.07, 6.45) is 0.447. The van der Waals surface area contributed by atoms with Crippen LogP contribution in [-0.4, -0.2) is 56.7 Å². The maximum Gasteiger partial charge on any atom is 0.305 e. The van der Waals surface area contributed by atoms with Crippen molar-refractivity contribution < 1.29 is 17.9 Å². The number of carbonyl (C=O) groups is 1. The molecule has 0 bridgehead atoms. The Balaban J connectivity index is 2.59. The lowest BCUT2D eigenvalue weighted by Gasteiger charge is -2.38. The molecule has 0 saturated carbocycles. The number of nitrogens with one attached hydrogen (secondary N) is 1. The fourth-order valence-corrected chi connectivity index (χ4v) is 4.24. The fraction of sp³-hybridized carbons (Fsp3) is 0.909. The minimum Gasteiger partial charge on any atom is -0.469 e. The molecule has 2 unspecified atom stereocenters. The first-order valence-electron chi connectivity index (χ1n) is 6.17. The third-order valence-electron chi connectivity index (χ3n) is 3.08. The highest BCUT2D eigenvalue weighted by atomic mass is 32.2. The van der Waals surface area contributed by atoms with Gasteiger partial charge in [-0.15, -0.1) is 0 Å². The van der Waals surface area contributed by atoms with E-state index in [4.69, 9.17) is 0 Å². The van der Waals surface area contributed by atoms with Crippen LogP contribution in [0.2, 0.25) is 0 Å². The monoisotopic (exact) mass is 278 g/mol. The molecule has 1 N–H and O–H groups in total. The summed E-state index contributed by atoms with van der Waals surface area (Å²) in [4.78, 5) is 11.0. The summed E-state index contributed by atoms with van der Waals surface area (Å²) in [5.41, 5.74) is 0. The molecule has 7 heteroatoms. The third kappa shape index (κ3) is 3.93. The van der Waals surface area contributed by atoms with Crippen molar-refractivity contribution in [3.63, 3.8) is 0 Å². The molecule has 0 spiro atoms. The van der Waals surface area contributed by atoms with Crippen molar-refractivity contribution in [1.29, 1.82) is 0 Å². The largest absolute Gasteiger partial charge is 0.469 e. The summed E-state index contributed by atoms with van der Waals surface area (Å²) in [5, 5.41) is 3.19. The zero-order chi connectivity index (χ0) is 13.8. The third-order valence-corrected chi connectivity index (χ3v) is 5.25. The number of methoxy groups -OCH3 is 1. The first kappa shape index (κ1) is 15.4. The summed E-state index contributed by atoms with van der Waals surface area (Å²) in [7, 11) is -2.00. The number of esters is 1. The summed E-state index contributed by atoms with van der Waals surface area (Å²) < 4.78 is 30.5. The number of hydrogen-bond acceptors (Lipinski definition) is 5. The molecule has 1 aliphatic rings. The van der Waals surface area contributed by atoms with Gasteiger partial charge in [-0.25, -0.2) is 8.42 Å². The maximum atomic E-state index is 12.2. The van der Waals surface area contributed by atoms with Gasteiger partial charge in [-0.3, -0.25) is 4.79 Å². The highest BCUT2D eigenvalue weighted by Crippen LogP contribution is 2.16. The SMILES string of the molecule is COC(=O)CCCS(=O)(=O)N1C(C)CNCC1C. The Bertz CT molecular complexity index is 373. The van der Waals surface area contributed by atoms with Crippen LogP contribution < -0.4 is 5.32 Å². The van der Waals surface area contributed by atoms with Crippen LogP contribution >= 0.6 is 0 Å². The molecule has 0 amide bonds. The van der Waals surface area contributed by atoms with E-state index in [0.717, 1.165) is 0 Å². The van der Waals surface area contributed by atoms with Crippen LogP contribution in [0.15, 0.2) is 0 Å². The fourth-order valence-electron chi connectivity index (χ4n) is 2.27. The zero-order valence-corrected chi connectivity index (χ0v) is 12.0. The number of sulfonamides is 1. The average Bonchev–Trinajstić information content (AvgIpc) is 2.27. The molecule has 106 valence electrons. The van der Waals surface area contributed by atoms with E-state index in [9.17, 15) is 13.2 Å². The highest BCUT2D eigenvalue weighted by Gasteiger charge is 2.33. The number of carbonyl (C=O) groups excluding carboxylic acids is 1. The van der Waals surface area contributed by atoms with Crippen LogP contribution in [0.4, 0.5) is 0 Å². The van der Waals surface area contributed by atoms with Crippen molar-refractivity contribution in [2.45, 2.75) is 38.8 Å². The second-order valence-electron chi connectivity index (χ2n) is 4.68. The van der Waals surface area contributed by atoms with Crippen molar-refractivity contribution in [2.75, 3.05) is 26.0 Å². The van der Waals surface area contributed by atoms with Crippen molar-refractivity contribution >= 4 is 16.0 Å². The number of rotatable bonds is 5. The minimum absolute atomic E-state index is 0.00319. The molecular weight excluding hydrogens is 256 g/mol. The summed E-state index contributed by atoms with van der Waals surface area (Å²) in [6, 6.07) is -0.0891. The minimum atomic E-state index is -3.30. The van der Waals surface area contributed by atoms with Gasteiger partial charge in [-0.05, 0) is 20.3 Å². The second-order valence-corrected chi connectivity index (χ2v) is 6.68. The molecule has 6 nitrogen and oxygen atoms in total. The van der Waals surface area contributed by atoms with Gasteiger partial charge in [-0.1, -0.05) is 0 Å². The predicted molar refractivity (Wildman–Crippen MR) is 68.7 cm³/mol. The van der Waals surface area contributed by atoms with Gasteiger partial charge >= 0.3 is 5.97 Å². The molecule has 1 saturated heterocycles. The van der Waals surface area contributed by atoms with E-state index >= 15 is 0 Å². The standard InChI is InChI=1S/C11H22N2O4S/c1-9-7-12-8-10(2)13(9)18(15,16)6-4-5-11(14)17-3/h9-10,12H,4-8H2,1-3H3. The molecule has 18 heavy (non-hydrogen) atoms. The number of ether oxygens (including phenoxy) is 1. The van der Waals surface area contributed by atoms with Gasteiger partial charge in [0, 0.05) is 31.6 Å². The van der Waals surface area contributed by atoms with Crippen LogP contribution in [0, 0.1) is 0 Å². The van der Waals surface area contributed by atoms with Gasteiger partial charge in [0.2, 0.25) is 10.0 Å². The Morgan fingerprint density at radius 3 is 2.39 bits per heavy atom. The highest BCUT2D eigenvalue weighted by molar-refractivity contribution is 7.89. The Hall–Kier alpha value is -0.660. The molecule has 1 rings (SSSR count). The molecule has 0 radical (unpaired) electrons. The van der Waals surface area contributed by atoms with Crippen LogP contribution in [0.25, 0.3) is 0 Å². The Morgan fingerprint density at radius 1 is 1.33 bits per heavy atom. The van der Waals surface area contributed by atoms with E-state index < -0.39 is 10.0 Å². The van der Waals surface area contributed by atoms with E-state index in [1.54, 1.807) is 4.31 Å². The molecule has 0 aromatic rings. The maximum absolute atomic E-state index is 12.2. The molecule has 1 heterocycles. The van der Waals surface area contributed by atoms with Crippen molar-refractivity contribution in [3.8, 4) is 0 Å². The smallest absolute Gasteiger partial charge is 0.305 e. The lowest BCUT2D eigenvalue weighted by Crippen LogP contribution is -2.57. The van der Waals surface area contributed by atoms with E-state index in [1.165, 1.54) is 7.11 Å².